The summed E-state index contributed by atoms with van der Waals surface area (Å²) in [5, 5.41) is 0. The van der Waals surface area contributed by atoms with E-state index in [4.69, 9.17) is 4.74 Å². The van der Waals surface area contributed by atoms with Gasteiger partial charge in [0.1, 0.15) is 0 Å². The maximum atomic E-state index is 5.45. The number of aromatic nitrogens is 3. The Morgan fingerprint density at radius 3 is 3.07 bits per heavy atom. The zero-order valence-electron chi connectivity index (χ0n) is 8.32. The van der Waals surface area contributed by atoms with E-state index in [2.05, 4.69) is 28.8 Å². The van der Waals surface area contributed by atoms with Crippen LogP contribution < -0.4 is 4.74 Å². The lowest BCUT2D eigenvalue weighted by molar-refractivity contribution is 0.254. The molecule has 0 radical (unpaired) electrons. The number of pyridine rings is 1. The SMILES string of the molecule is CC(C)COc1nc2ncccc2[nH]1. The van der Waals surface area contributed by atoms with E-state index in [0.717, 1.165) is 5.52 Å². The number of imidazole rings is 1. The number of fused-ring (bicyclic) bond motifs is 1. The predicted octanol–water partition coefficient (Wildman–Crippen LogP) is 1.99. The van der Waals surface area contributed by atoms with Crippen molar-refractivity contribution >= 4 is 11.2 Å². The number of nitrogens with zero attached hydrogens (tertiary/aromatic N) is 2. The van der Waals surface area contributed by atoms with E-state index in [1.165, 1.54) is 0 Å². The van der Waals surface area contributed by atoms with E-state index in [0.29, 0.717) is 24.2 Å². The smallest absolute Gasteiger partial charge is 0.296 e. The molecular formula is C10H13N3O. The molecule has 2 rings (SSSR count). The van der Waals surface area contributed by atoms with Crippen LogP contribution in [0.15, 0.2) is 18.3 Å². The summed E-state index contributed by atoms with van der Waals surface area (Å²) >= 11 is 0. The van der Waals surface area contributed by atoms with E-state index >= 15 is 0 Å². The third kappa shape index (κ3) is 1.84. The van der Waals surface area contributed by atoms with Gasteiger partial charge >= 0.3 is 0 Å². The van der Waals surface area contributed by atoms with Gasteiger partial charge in [0, 0.05) is 6.20 Å². The van der Waals surface area contributed by atoms with Crippen molar-refractivity contribution < 1.29 is 4.74 Å². The molecule has 14 heavy (non-hydrogen) atoms. The largest absolute Gasteiger partial charge is 0.464 e. The maximum absolute atomic E-state index is 5.45. The molecule has 1 N–H and O–H groups in total. The van der Waals surface area contributed by atoms with E-state index in [1.54, 1.807) is 6.20 Å². The van der Waals surface area contributed by atoms with E-state index < -0.39 is 0 Å². The molecule has 0 fully saturated rings. The van der Waals surface area contributed by atoms with Crippen molar-refractivity contribution in [1.29, 1.82) is 0 Å². The summed E-state index contributed by atoms with van der Waals surface area (Å²) in [6, 6.07) is 4.34. The molecule has 4 nitrogen and oxygen atoms in total. The topological polar surface area (TPSA) is 50.8 Å². The first-order valence-electron chi connectivity index (χ1n) is 4.69. The van der Waals surface area contributed by atoms with Crippen LogP contribution in [-0.2, 0) is 0 Å². The second-order valence-corrected chi connectivity index (χ2v) is 3.62. The third-order valence-electron chi connectivity index (χ3n) is 1.79. The Hall–Kier alpha value is -1.58. The van der Waals surface area contributed by atoms with Gasteiger partial charge in [-0.05, 0) is 18.1 Å². The molecule has 0 aliphatic heterocycles. The lowest BCUT2D eigenvalue weighted by atomic mass is 10.2. The Morgan fingerprint density at radius 2 is 2.36 bits per heavy atom. The molecule has 0 amide bonds. The van der Waals surface area contributed by atoms with Gasteiger partial charge in [-0.1, -0.05) is 13.8 Å². The Bertz CT molecular complexity index is 389. The number of H-pyrrole nitrogens is 1. The molecule has 2 heterocycles. The normalized spacial score (nSPS) is 11.1. The van der Waals surface area contributed by atoms with Crippen LogP contribution in [-0.4, -0.2) is 21.6 Å². The number of hydrogen-bond acceptors (Lipinski definition) is 3. The summed E-state index contributed by atoms with van der Waals surface area (Å²) in [5.74, 6) is 0.496. The van der Waals surface area contributed by atoms with Crippen molar-refractivity contribution in [2.75, 3.05) is 6.61 Å². The van der Waals surface area contributed by atoms with Gasteiger partial charge in [-0.3, -0.25) is 0 Å². The number of hydrogen-bond donors (Lipinski definition) is 1. The highest BCUT2D eigenvalue weighted by Gasteiger charge is 2.04. The van der Waals surface area contributed by atoms with Crippen molar-refractivity contribution in [2.45, 2.75) is 13.8 Å². The first-order valence-corrected chi connectivity index (χ1v) is 4.69. The van der Waals surface area contributed by atoms with Crippen LogP contribution in [0.3, 0.4) is 0 Å². The quantitative estimate of drug-likeness (QED) is 0.807. The molecule has 0 bridgehead atoms. The van der Waals surface area contributed by atoms with Crippen LogP contribution in [0.4, 0.5) is 0 Å². The minimum Gasteiger partial charge on any atom is -0.464 e. The van der Waals surface area contributed by atoms with Crippen LogP contribution in [0.25, 0.3) is 11.2 Å². The van der Waals surface area contributed by atoms with Crippen molar-refractivity contribution in [2.24, 2.45) is 5.92 Å². The van der Waals surface area contributed by atoms with E-state index in [9.17, 15) is 0 Å². The zero-order valence-corrected chi connectivity index (χ0v) is 8.32. The Balaban J connectivity index is 2.19. The van der Waals surface area contributed by atoms with Gasteiger partial charge < -0.3 is 9.72 Å². The molecule has 0 saturated heterocycles. The van der Waals surface area contributed by atoms with Crippen molar-refractivity contribution in [3.8, 4) is 6.01 Å². The summed E-state index contributed by atoms with van der Waals surface area (Å²) < 4.78 is 5.45. The van der Waals surface area contributed by atoms with Crippen LogP contribution in [0.5, 0.6) is 6.01 Å². The molecule has 74 valence electrons. The Labute approximate surface area is 82.3 Å². The van der Waals surface area contributed by atoms with Gasteiger partial charge in [-0.2, -0.15) is 4.98 Å². The summed E-state index contributed by atoms with van der Waals surface area (Å²) in [7, 11) is 0. The van der Waals surface area contributed by atoms with Crippen LogP contribution in [0.2, 0.25) is 0 Å². The number of aromatic amines is 1. The lowest BCUT2D eigenvalue weighted by Crippen LogP contribution is -2.05. The molecular weight excluding hydrogens is 178 g/mol. The number of nitrogens with one attached hydrogen (secondary N) is 1. The molecule has 0 aromatic carbocycles. The minimum atomic E-state index is 0.496. The average Bonchev–Trinajstić information content (AvgIpc) is 2.57. The third-order valence-corrected chi connectivity index (χ3v) is 1.79. The van der Waals surface area contributed by atoms with Gasteiger partial charge in [-0.25, -0.2) is 4.98 Å². The fourth-order valence-electron chi connectivity index (χ4n) is 1.14. The highest BCUT2D eigenvalue weighted by Crippen LogP contribution is 2.13. The molecule has 2 aromatic rings. The predicted molar refractivity (Wildman–Crippen MR) is 54.2 cm³/mol. The summed E-state index contributed by atoms with van der Waals surface area (Å²) in [6.45, 7) is 4.86. The first-order chi connectivity index (χ1) is 6.75. The maximum Gasteiger partial charge on any atom is 0.296 e. The van der Waals surface area contributed by atoms with Crippen molar-refractivity contribution in [3.63, 3.8) is 0 Å². The lowest BCUT2D eigenvalue weighted by Gasteiger charge is -2.03. The molecule has 4 heteroatoms. The van der Waals surface area contributed by atoms with Crippen molar-refractivity contribution in [1.82, 2.24) is 15.0 Å². The summed E-state index contributed by atoms with van der Waals surface area (Å²) in [5.41, 5.74) is 1.61. The average molecular weight is 191 g/mol. The van der Waals surface area contributed by atoms with Gasteiger partial charge in [0.2, 0.25) is 0 Å². The molecule has 0 aliphatic rings. The highest BCUT2D eigenvalue weighted by atomic mass is 16.5. The first kappa shape index (κ1) is 8.99. The van der Waals surface area contributed by atoms with Gasteiger partial charge in [0.25, 0.3) is 6.01 Å². The molecule has 0 spiro atoms. The summed E-state index contributed by atoms with van der Waals surface area (Å²) in [6.07, 6.45) is 1.72. The molecule has 0 saturated carbocycles. The molecule has 2 aromatic heterocycles. The van der Waals surface area contributed by atoms with Crippen molar-refractivity contribution in [3.05, 3.63) is 18.3 Å². The van der Waals surface area contributed by atoms with Crippen LogP contribution in [0.1, 0.15) is 13.8 Å². The molecule has 0 aliphatic carbocycles. The fourth-order valence-corrected chi connectivity index (χ4v) is 1.14. The number of ether oxygens (including phenoxy) is 1. The minimum absolute atomic E-state index is 0.496. The molecule has 0 unspecified atom stereocenters. The van der Waals surface area contributed by atoms with Gasteiger partial charge in [0.05, 0.1) is 12.1 Å². The highest BCUT2D eigenvalue weighted by molar-refractivity contribution is 5.70. The van der Waals surface area contributed by atoms with Crippen LogP contribution >= 0.6 is 0 Å². The second kappa shape index (κ2) is 3.65. The standard InChI is InChI=1S/C10H13N3O/c1-7(2)6-14-10-12-8-4-3-5-11-9(8)13-10/h3-5,7H,6H2,1-2H3,(H,11,12,13). The van der Waals surface area contributed by atoms with Gasteiger partial charge in [-0.15, -0.1) is 0 Å². The van der Waals surface area contributed by atoms with E-state index in [1.807, 2.05) is 12.1 Å². The zero-order chi connectivity index (χ0) is 9.97. The van der Waals surface area contributed by atoms with Crippen LogP contribution in [0, 0.1) is 5.92 Å². The fraction of sp³-hybridized carbons (Fsp3) is 0.400. The number of rotatable bonds is 3. The monoisotopic (exact) mass is 191 g/mol. The Kier molecular flexibility index (Phi) is 2.35. The molecule has 0 atom stereocenters. The van der Waals surface area contributed by atoms with E-state index in [-0.39, 0.29) is 0 Å². The van der Waals surface area contributed by atoms with Gasteiger partial charge in [0.15, 0.2) is 5.65 Å². The second-order valence-electron chi connectivity index (χ2n) is 3.62. The summed E-state index contributed by atoms with van der Waals surface area (Å²) in [4.78, 5) is 11.4. The Morgan fingerprint density at radius 1 is 1.50 bits per heavy atom.